The topological polar surface area (TPSA) is 84.0 Å². The summed E-state index contributed by atoms with van der Waals surface area (Å²) in [5, 5.41) is 0. The van der Waals surface area contributed by atoms with Gasteiger partial charge in [-0.1, -0.05) is 158 Å². The molecular formula is C48H58N2O5. The van der Waals surface area contributed by atoms with Crippen LogP contribution in [0.5, 0.6) is 0 Å². The molecule has 0 saturated carbocycles. The Hall–Kier alpha value is -4.91. The maximum absolute atomic E-state index is 14.7. The molecular weight excluding hydrogens is 685 g/mol. The molecule has 6 rings (SSSR count). The number of benzene rings is 1. The second-order valence-electron chi connectivity index (χ2n) is 15.1. The normalized spacial score (nSPS) is 15.7. The van der Waals surface area contributed by atoms with E-state index in [1.54, 1.807) is 21.9 Å². The standard InChI is InChI=1S/C48H58N2O5/c1-3-5-7-9-11-13-15-19-33-49-45(41-30-29-39(54-41)28-25-36-21-17-18-22-36)43-44(48(49)53)46(50(47(43)52)34-20-16-14-12-10-8-6-4-2)42-32-31-40(55-42)38-26-23-37(35-51)24-27-38/h17-18,21-32,35-36H,3-16,19-20,33-34H2,1-2H3/b28-25+. The quantitative estimate of drug-likeness (QED) is 0.0674. The van der Waals surface area contributed by atoms with E-state index in [-0.39, 0.29) is 17.7 Å². The summed E-state index contributed by atoms with van der Waals surface area (Å²) in [6, 6.07) is 14.7. The maximum atomic E-state index is 14.7. The molecule has 7 nitrogen and oxygen atoms in total. The van der Waals surface area contributed by atoms with Gasteiger partial charge in [0, 0.05) is 30.1 Å². The molecule has 2 amide bonds. The van der Waals surface area contributed by atoms with Crippen LogP contribution in [0, 0.1) is 5.92 Å². The first kappa shape index (κ1) is 39.8. The highest BCUT2D eigenvalue weighted by atomic mass is 16.3. The smallest absolute Gasteiger partial charge is 0.261 e. The number of furan rings is 2. The maximum Gasteiger partial charge on any atom is 0.261 e. The van der Waals surface area contributed by atoms with E-state index >= 15 is 0 Å². The van der Waals surface area contributed by atoms with E-state index in [0.717, 1.165) is 50.4 Å². The SMILES string of the molecule is CCCCCCCCCCN1C(=O)C2=C(c3ccc(-c4ccc(C=O)cc4)o3)N(CCCCCCCCCC)C(=O)C2=C1c1ccc(/C=C/C2C=CC=C2)o1. The fourth-order valence-corrected chi connectivity index (χ4v) is 7.84. The minimum absolute atomic E-state index is 0.183. The highest BCUT2D eigenvalue weighted by molar-refractivity contribution is 6.29. The number of carbonyl (C=O) groups is 3. The number of unbranched alkanes of at least 4 members (excludes halogenated alkanes) is 14. The number of allylic oxidation sites excluding steroid dienone is 5. The molecule has 7 heteroatoms. The summed E-state index contributed by atoms with van der Waals surface area (Å²) >= 11 is 0. The molecule has 3 aliphatic rings. The fourth-order valence-electron chi connectivity index (χ4n) is 7.84. The van der Waals surface area contributed by atoms with E-state index in [0.29, 0.717) is 64.2 Å². The first-order chi connectivity index (χ1) is 27.0. The van der Waals surface area contributed by atoms with Crippen molar-refractivity contribution in [1.29, 1.82) is 0 Å². The Kier molecular flexibility index (Phi) is 14.6. The van der Waals surface area contributed by atoms with Crippen molar-refractivity contribution in [1.82, 2.24) is 9.80 Å². The van der Waals surface area contributed by atoms with Gasteiger partial charge < -0.3 is 18.6 Å². The van der Waals surface area contributed by atoms with Crippen molar-refractivity contribution in [2.45, 2.75) is 117 Å². The zero-order chi connectivity index (χ0) is 38.4. The van der Waals surface area contributed by atoms with Crippen molar-refractivity contribution in [2.75, 3.05) is 13.1 Å². The largest absolute Gasteiger partial charge is 0.455 e. The highest BCUT2D eigenvalue weighted by Gasteiger charge is 2.50. The van der Waals surface area contributed by atoms with Gasteiger partial charge in [0.05, 0.1) is 11.1 Å². The summed E-state index contributed by atoms with van der Waals surface area (Å²) in [4.78, 5) is 44.3. The lowest BCUT2D eigenvalue weighted by molar-refractivity contribution is -0.124. The Morgan fingerprint density at radius 2 is 1.04 bits per heavy atom. The van der Waals surface area contributed by atoms with E-state index in [9.17, 15) is 14.4 Å². The highest BCUT2D eigenvalue weighted by Crippen LogP contribution is 2.47. The number of carbonyl (C=O) groups excluding carboxylic acids is 3. The predicted octanol–water partition coefficient (Wildman–Crippen LogP) is 12.2. The number of nitrogens with zero attached hydrogens (tertiary/aromatic N) is 2. The molecule has 1 aliphatic carbocycles. The lowest BCUT2D eigenvalue weighted by Crippen LogP contribution is -2.31. The Labute approximate surface area is 327 Å². The summed E-state index contributed by atoms with van der Waals surface area (Å²) in [6.07, 6.45) is 31.5. The molecule has 0 saturated heterocycles. The fraction of sp³-hybridized carbons (Fsp3) is 0.438. The lowest BCUT2D eigenvalue weighted by atomic mass is 10.1. The van der Waals surface area contributed by atoms with Gasteiger partial charge in [-0.05, 0) is 43.2 Å². The van der Waals surface area contributed by atoms with Crippen LogP contribution < -0.4 is 0 Å². The average Bonchev–Trinajstić information content (AvgIpc) is 4.06. The van der Waals surface area contributed by atoms with Crippen LogP contribution in [0.2, 0.25) is 0 Å². The summed E-state index contributed by atoms with van der Waals surface area (Å²) in [5.41, 5.74) is 3.28. The molecule has 2 aliphatic heterocycles. The molecule has 0 unspecified atom stereocenters. The van der Waals surface area contributed by atoms with Gasteiger partial charge in [-0.3, -0.25) is 14.4 Å². The van der Waals surface area contributed by atoms with Crippen molar-refractivity contribution in [3.63, 3.8) is 0 Å². The molecule has 0 bridgehead atoms. The van der Waals surface area contributed by atoms with Crippen LogP contribution in [0.1, 0.15) is 144 Å². The molecule has 3 aromatic rings. The van der Waals surface area contributed by atoms with E-state index in [4.69, 9.17) is 8.83 Å². The van der Waals surface area contributed by atoms with Gasteiger partial charge >= 0.3 is 0 Å². The second kappa shape index (κ2) is 20.1. The van der Waals surface area contributed by atoms with Crippen LogP contribution in [0.3, 0.4) is 0 Å². The Bertz CT molecular complexity index is 1900. The monoisotopic (exact) mass is 742 g/mol. The Morgan fingerprint density at radius 3 is 1.56 bits per heavy atom. The molecule has 290 valence electrons. The zero-order valence-corrected chi connectivity index (χ0v) is 32.9. The third-order valence-corrected chi connectivity index (χ3v) is 10.9. The Balaban J connectivity index is 1.32. The number of amides is 2. The Morgan fingerprint density at radius 1 is 0.564 bits per heavy atom. The summed E-state index contributed by atoms with van der Waals surface area (Å²) in [5.74, 6) is 2.12. The van der Waals surface area contributed by atoms with E-state index < -0.39 is 0 Å². The summed E-state index contributed by atoms with van der Waals surface area (Å²) in [6.45, 7) is 5.46. The van der Waals surface area contributed by atoms with Crippen LogP contribution in [0.15, 0.2) is 98.9 Å². The number of hydrogen-bond donors (Lipinski definition) is 0. The van der Waals surface area contributed by atoms with Crippen LogP contribution in [-0.2, 0) is 9.59 Å². The third kappa shape index (κ3) is 9.86. The van der Waals surface area contributed by atoms with Crippen molar-refractivity contribution in [3.05, 3.63) is 113 Å². The molecule has 0 N–H and O–H groups in total. The number of hydrogen-bond acceptors (Lipinski definition) is 5. The van der Waals surface area contributed by atoms with Gasteiger partial charge in [0.2, 0.25) is 0 Å². The first-order valence-electron chi connectivity index (χ1n) is 21.0. The van der Waals surface area contributed by atoms with E-state index in [1.165, 1.54) is 64.2 Å². The lowest BCUT2D eigenvalue weighted by Gasteiger charge is -2.24. The third-order valence-electron chi connectivity index (χ3n) is 10.9. The van der Waals surface area contributed by atoms with Crippen molar-refractivity contribution >= 4 is 35.6 Å². The van der Waals surface area contributed by atoms with Crippen LogP contribution in [0.4, 0.5) is 0 Å². The van der Waals surface area contributed by atoms with Crippen molar-refractivity contribution in [2.24, 2.45) is 5.92 Å². The predicted molar refractivity (Wildman–Crippen MR) is 222 cm³/mol. The van der Waals surface area contributed by atoms with Gasteiger partial charge in [-0.25, -0.2) is 0 Å². The van der Waals surface area contributed by atoms with Crippen molar-refractivity contribution < 1.29 is 23.2 Å². The molecule has 2 aromatic heterocycles. The number of aldehydes is 1. The van der Waals surface area contributed by atoms with E-state index in [1.807, 2.05) is 54.6 Å². The molecule has 0 fully saturated rings. The van der Waals surface area contributed by atoms with Gasteiger partial charge in [0.25, 0.3) is 11.8 Å². The van der Waals surface area contributed by atoms with Gasteiger partial charge in [-0.15, -0.1) is 0 Å². The van der Waals surface area contributed by atoms with Crippen molar-refractivity contribution in [3.8, 4) is 11.3 Å². The molecule has 55 heavy (non-hydrogen) atoms. The van der Waals surface area contributed by atoms with Gasteiger partial charge in [-0.2, -0.15) is 0 Å². The minimum atomic E-state index is -0.183. The molecule has 0 atom stereocenters. The first-order valence-corrected chi connectivity index (χ1v) is 21.0. The van der Waals surface area contributed by atoms with Crippen LogP contribution in [-0.4, -0.2) is 41.0 Å². The molecule has 0 spiro atoms. The zero-order valence-electron chi connectivity index (χ0n) is 32.9. The van der Waals surface area contributed by atoms with Crippen LogP contribution in [0.25, 0.3) is 28.8 Å². The van der Waals surface area contributed by atoms with Crippen LogP contribution >= 0.6 is 0 Å². The molecule has 4 heterocycles. The van der Waals surface area contributed by atoms with E-state index in [2.05, 4.69) is 32.1 Å². The van der Waals surface area contributed by atoms with Gasteiger partial charge in [0.1, 0.15) is 29.2 Å². The average molecular weight is 743 g/mol. The minimum Gasteiger partial charge on any atom is -0.455 e. The molecule has 1 aromatic carbocycles. The number of rotatable bonds is 24. The van der Waals surface area contributed by atoms with Gasteiger partial charge in [0.15, 0.2) is 11.5 Å². The second-order valence-corrected chi connectivity index (χ2v) is 15.1. The molecule has 0 radical (unpaired) electrons. The summed E-state index contributed by atoms with van der Waals surface area (Å²) in [7, 11) is 0. The summed E-state index contributed by atoms with van der Waals surface area (Å²) < 4.78 is 12.9. The number of fused-ring (bicyclic) bond motifs is 1.